The maximum Gasteiger partial charge on any atom is 0.244 e. The highest BCUT2D eigenvalue weighted by molar-refractivity contribution is 7.15. The average molecular weight is 440 g/mol. The quantitative estimate of drug-likeness (QED) is 0.656. The molecule has 7 nitrogen and oxygen atoms in total. The number of nitrogen functional groups attached to an aromatic ring is 1. The summed E-state index contributed by atoms with van der Waals surface area (Å²) >= 11 is 1.53. The smallest absolute Gasteiger partial charge is 0.244 e. The Labute approximate surface area is 186 Å². The molecule has 0 saturated carbocycles. The molecule has 0 bridgehead atoms. The molecule has 0 aliphatic carbocycles. The van der Waals surface area contributed by atoms with Gasteiger partial charge in [-0.25, -0.2) is 4.98 Å². The molecule has 0 saturated heterocycles. The van der Waals surface area contributed by atoms with Crippen molar-refractivity contribution >= 4 is 22.4 Å². The van der Waals surface area contributed by atoms with E-state index in [0.717, 1.165) is 46.8 Å². The highest BCUT2D eigenvalue weighted by Crippen LogP contribution is 2.28. The number of nitrogens with zero attached hydrogens (tertiary/aromatic N) is 4. The van der Waals surface area contributed by atoms with Crippen molar-refractivity contribution in [3.05, 3.63) is 46.1 Å². The number of carbonyl (C=O) groups is 1. The van der Waals surface area contributed by atoms with Gasteiger partial charge in [-0.2, -0.15) is 5.10 Å². The minimum atomic E-state index is 0.0885. The van der Waals surface area contributed by atoms with Crippen molar-refractivity contribution in [2.24, 2.45) is 0 Å². The van der Waals surface area contributed by atoms with Crippen LogP contribution >= 0.6 is 11.3 Å². The van der Waals surface area contributed by atoms with Crippen molar-refractivity contribution in [3.63, 3.8) is 0 Å². The van der Waals surface area contributed by atoms with Crippen molar-refractivity contribution in [3.8, 4) is 17.0 Å². The van der Waals surface area contributed by atoms with Crippen molar-refractivity contribution < 1.29 is 9.53 Å². The van der Waals surface area contributed by atoms with Gasteiger partial charge in [0.2, 0.25) is 5.91 Å². The molecule has 3 aromatic rings. The van der Waals surface area contributed by atoms with E-state index in [2.05, 4.69) is 31.0 Å². The second kappa shape index (κ2) is 8.70. The molecule has 2 N–H and O–H groups in total. The van der Waals surface area contributed by atoms with E-state index in [0.29, 0.717) is 18.2 Å². The zero-order chi connectivity index (χ0) is 22.1. The molecule has 1 amide bonds. The number of aryl methyl sites for hydroxylation is 1. The summed E-state index contributed by atoms with van der Waals surface area (Å²) in [6, 6.07) is 8.13. The van der Waals surface area contributed by atoms with E-state index in [-0.39, 0.29) is 18.4 Å². The van der Waals surface area contributed by atoms with Gasteiger partial charge in [0.15, 0.2) is 5.13 Å². The second-order valence-electron chi connectivity index (χ2n) is 8.25. The second-order valence-corrected chi connectivity index (χ2v) is 9.37. The van der Waals surface area contributed by atoms with Crippen LogP contribution in [0.5, 0.6) is 5.75 Å². The maximum absolute atomic E-state index is 13.1. The molecule has 0 unspecified atom stereocenters. The Bertz CT molecular complexity index is 1080. The van der Waals surface area contributed by atoms with E-state index in [9.17, 15) is 4.79 Å². The molecule has 31 heavy (non-hydrogen) atoms. The predicted octanol–water partition coefficient (Wildman–Crippen LogP) is 3.66. The van der Waals surface area contributed by atoms with E-state index in [1.54, 1.807) is 7.11 Å². The minimum Gasteiger partial charge on any atom is -0.496 e. The Balaban J connectivity index is 1.53. The highest BCUT2D eigenvalue weighted by Gasteiger charge is 2.23. The molecule has 8 heteroatoms. The Hall–Kier alpha value is -2.87. The summed E-state index contributed by atoms with van der Waals surface area (Å²) in [5, 5.41) is 5.41. The zero-order valence-corrected chi connectivity index (χ0v) is 19.3. The number of anilines is 1. The van der Waals surface area contributed by atoms with Gasteiger partial charge in [-0.15, -0.1) is 11.3 Å². The van der Waals surface area contributed by atoms with Gasteiger partial charge in [0.1, 0.15) is 12.3 Å². The van der Waals surface area contributed by atoms with Crippen molar-refractivity contribution in [1.29, 1.82) is 0 Å². The molecule has 3 heterocycles. The van der Waals surface area contributed by atoms with Crippen LogP contribution in [0.2, 0.25) is 0 Å². The van der Waals surface area contributed by atoms with Crippen LogP contribution in [0.1, 0.15) is 41.6 Å². The maximum atomic E-state index is 13.1. The molecule has 164 valence electrons. The van der Waals surface area contributed by atoms with Crippen LogP contribution in [-0.4, -0.2) is 45.8 Å². The van der Waals surface area contributed by atoms with Crippen LogP contribution < -0.4 is 10.5 Å². The van der Waals surface area contributed by atoms with E-state index >= 15 is 0 Å². The number of aromatic nitrogens is 3. The number of carbonyl (C=O) groups excluding carboxylic acids is 1. The summed E-state index contributed by atoms with van der Waals surface area (Å²) in [6.07, 6.45) is 1.56. The summed E-state index contributed by atoms with van der Waals surface area (Å²) in [6.45, 7) is 7.87. The van der Waals surface area contributed by atoms with Gasteiger partial charge in [-0.3, -0.25) is 9.48 Å². The van der Waals surface area contributed by atoms with E-state index in [1.165, 1.54) is 16.2 Å². The Morgan fingerprint density at radius 1 is 1.26 bits per heavy atom. The molecule has 0 radical (unpaired) electrons. The number of nitrogens with two attached hydrogens (primary N) is 1. The lowest BCUT2D eigenvalue weighted by molar-refractivity contribution is -0.132. The number of fused-ring (bicyclic) bond motifs is 1. The zero-order valence-electron chi connectivity index (χ0n) is 18.5. The van der Waals surface area contributed by atoms with Gasteiger partial charge in [0.05, 0.1) is 18.5 Å². The van der Waals surface area contributed by atoms with Crippen molar-refractivity contribution in [2.45, 2.75) is 46.1 Å². The monoisotopic (exact) mass is 439 g/mol. The molecule has 1 aromatic carbocycles. The number of hydrogen-bond donors (Lipinski definition) is 1. The molecule has 1 aliphatic rings. The summed E-state index contributed by atoms with van der Waals surface area (Å²) < 4.78 is 7.23. The SMILES string of the molecule is COc1ccc(-c2cc(C(C)C)n(CC(=O)N3CCc4nc(N)sc4CC3)n2)cc1C. The number of ether oxygens (including phenoxy) is 1. The van der Waals surface area contributed by atoms with Crippen LogP contribution in [-0.2, 0) is 24.2 Å². The predicted molar refractivity (Wildman–Crippen MR) is 124 cm³/mol. The van der Waals surface area contributed by atoms with Crippen LogP contribution in [0.3, 0.4) is 0 Å². The molecular formula is C23H29N5O2S. The molecule has 2 aromatic heterocycles. The largest absolute Gasteiger partial charge is 0.496 e. The van der Waals surface area contributed by atoms with E-state index < -0.39 is 0 Å². The van der Waals surface area contributed by atoms with Gasteiger partial charge >= 0.3 is 0 Å². The lowest BCUT2D eigenvalue weighted by atomic mass is 10.1. The molecule has 0 spiro atoms. The average Bonchev–Trinajstić information content (AvgIpc) is 3.25. The first-order valence-electron chi connectivity index (χ1n) is 10.6. The van der Waals surface area contributed by atoms with Crippen LogP contribution in [0, 0.1) is 6.92 Å². The highest BCUT2D eigenvalue weighted by atomic mass is 32.1. The minimum absolute atomic E-state index is 0.0885. The molecule has 0 fully saturated rings. The first kappa shape index (κ1) is 21.4. The normalized spacial score (nSPS) is 13.9. The van der Waals surface area contributed by atoms with Gasteiger partial charge in [0.25, 0.3) is 0 Å². The Kier molecular flexibility index (Phi) is 6.00. The molecule has 4 rings (SSSR count). The van der Waals surface area contributed by atoms with Crippen LogP contribution in [0.15, 0.2) is 24.3 Å². The van der Waals surface area contributed by atoms with Gasteiger partial charge in [-0.1, -0.05) is 13.8 Å². The number of hydrogen-bond acceptors (Lipinski definition) is 6. The fourth-order valence-corrected chi connectivity index (χ4v) is 4.93. The fourth-order valence-electron chi connectivity index (χ4n) is 4.06. The number of benzene rings is 1. The van der Waals surface area contributed by atoms with Crippen molar-refractivity contribution in [1.82, 2.24) is 19.7 Å². The first-order valence-corrected chi connectivity index (χ1v) is 11.4. The summed E-state index contributed by atoms with van der Waals surface area (Å²) in [5.41, 5.74) is 10.9. The third-order valence-electron chi connectivity index (χ3n) is 5.75. The molecular weight excluding hydrogens is 410 g/mol. The number of amides is 1. The Morgan fingerprint density at radius 3 is 2.74 bits per heavy atom. The summed E-state index contributed by atoms with van der Waals surface area (Å²) in [5.74, 6) is 1.20. The standard InChI is InChI=1S/C23H29N5O2S/c1-14(2)19-12-18(16-5-6-20(30-4)15(3)11-16)26-28(19)13-22(29)27-9-7-17-21(8-10-27)31-23(24)25-17/h5-6,11-12,14H,7-10,13H2,1-4H3,(H2,24,25). The van der Waals surface area contributed by atoms with Crippen molar-refractivity contribution in [2.75, 3.05) is 25.9 Å². The number of methoxy groups -OCH3 is 1. The van der Waals surface area contributed by atoms with Gasteiger partial charge in [0, 0.05) is 42.1 Å². The van der Waals surface area contributed by atoms with Gasteiger partial charge in [-0.05, 0) is 42.7 Å². The van der Waals surface area contributed by atoms with Crippen LogP contribution in [0.4, 0.5) is 5.13 Å². The van der Waals surface area contributed by atoms with E-state index in [4.69, 9.17) is 15.6 Å². The third-order valence-corrected chi connectivity index (χ3v) is 6.74. The fraction of sp³-hybridized carbons (Fsp3) is 0.435. The summed E-state index contributed by atoms with van der Waals surface area (Å²) in [4.78, 5) is 20.7. The molecule has 1 aliphatic heterocycles. The van der Waals surface area contributed by atoms with Gasteiger partial charge < -0.3 is 15.4 Å². The number of rotatable bonds is 5. The Morgan fingerprint density at radius 2 is 2.03 bits per heavy atom. The topological polar surface area (TPSA) is 86.3 Å². The third kappa shape index (κ3) is 4.44. The number of thiazole rings is 1. The lowest BCUT2D eigenvalue weighted by Gasteiger charge is -2.21. The summed E-state index contributed by atoms with van der Waals surface area (Å²) in [7, 11) is 1.67. The lowest BCUT2D eigenvalue weighted by Crippen LogP contribution is -2.36. The van der Waals surface area contributed by atoms with E-state index in [1.807, 2.05) is 28.6 Å². The van der Waals surface area contributed by atoms with Crippen LogP contribution in [0.25, 0.3) is 11.3 Å². The first-order chi connectivity index (χ1) is 14.9. The molecule has 0 atom stereocenters.